The van der Waals surface area contributed by atoms with E-state index in [1.54, 1.807) is 0 Å². The smallest absolute Gasteiger partial charge is 0.0601 e. The van der Waals surface area contributed by atoms with E-state index in [1.165, 1.54) is 58.3 Å². The van der Waals surface area contributed by atoms with Gasteiger partial charge in [0.1, 0.15) is 0 Å². The Morgan fingerprint density at radius 2 is 1.39 bits per heavy atom. The minimum absolute atomic E-state index is 0.450. The first-order valence-corrected chi connectivity index (χ1v) is 9.88. The summed E-state index contributed by atoms with van der Waals surface area (Å²) in [6.07, 6.45) is 7.21. The van der Waals surface area contributed by atoms with Crippen LogP contribution in [0.25, 0.3) is 0 Å². The highest BCUT2D eigenvalue weighted by Crippen LogP contribution is 2.20. The number of likely N-dealkylation sites (tertiary alicyclic amines) is 2. The van der Waals surface area contributed by atoms with Gasteiger partial charge in [0.05, 0.1) is 6.54 Å². The fraction of sp³-hybridized carbons (Fsp3) is 0.900. The van der Waals surface area contributed by atoms with Crippen molar-refractivity contribution in [2.75, 3.05) is 32.7 Å². The van der Waals surface area contributed by atoms with Gasteiger partial charge >= 0.3 is 0 Å². The summed E-state index contributed by atoms with van der Waals surface area (Å²) in [5.41, 5.74) is 5.97. The minimum atomic E-state index is 0.450. The Balaban J connectivity index is 0.000000868. The van der Waals surface area contributed by atoms with E-state index < -0.39 is 0 Å². The van der Waals surface area contributed by atoms with Gasteiger partial charge in [-0.2, -0.15) is 0 Å². The topological polar surface area (TPSA) is 32.5 Å². The molecule has 0 amide bonds. The molecule has 3 nitrogen and oxygen atoms in total. The van der Waals surface area contributed by atoms with Gasteiger partial charge in [-0.1, -0.05) is 47.0 Å². The van der Waals surface area contributed by atoms with Crippen LogP contribution in [0.4, 0.5) is 0 Å². The normalized spacial score (nSPS) is 20.4. The van der Waals surface area contributed by atoms with Crippen molar-refractivity contribution >= 4 is 0 Å². The van der Waals surface area contributed by atoms with Crippen LogP contribution in [0.15, 0.2) is 0 Å². The number of hydrogen-bond acceptors (Lipinski definition) is 3. The first-order valence-electron chi connectivity index (χ1n) is 9.88. The number of nitrogens with zero attached hydrogens (tertiary/aromatic N) is 2. The molecule has 0 radical (unpaired) electrons. The molecule has 0 aromatic carbocycles. The predicted octanol–water partition coefficient (Wildman–Crippen LogP) is 3.73. The van der Waals surface area contributed by atoms with Gasteiger partial charge in [0.15, 0.2) is 0 Å². The van der Waals surface area contributed by atoms with E-state index in [4.69, 9.17) is 5.73 Å². The molecule has 0 unspecified atom stereocenters. The van der Waals surface area contributed by atoms with E-state index in [0.717, 1.165) is 19.0 Å². The summed E-state index contributed by atoms with van der Waals surface area (Å²) in [5, 5.41) is 0. The molecule has 2 aliphatic rings. The first kappa shape index (κ1) is 22.4. The molecule has 0 aromatic heterocycles. The molecule has 2 N–H and O–H groups in total. The second-order valence-corrected chi connectivity index (χ2v) is 6.29. The Bertz CT molecular complexity index is 303. The van der Waals surface area contributed by atoms with Crippen LogP contribution in [0.1, 0.15) is 73.1 Å². The molecule has 0 atom stereocenters. The fourth-order valence-corrected chi connectivity index (χ4v) is 3.02. The summed E-state index contributed by atoms with van der Waals surface area (Å²) in [4.78, 5) is 5.16. The van der Waals surface area contributed by atoms with Gasteiger partial charge in [-0.15, -0.1) is 5.92 Å². The molecular weight excluding hydrogens is 282 g/mol. The lowest BCUT2D eigenvalue weighted by atomic mass is 9.98. The number of nitrogens with two attached hydrogens (primary N) is 1. The highest BCUT2D eigenvalue weighted by atomic mass is 15.2. The van der Waals surface area contributed by atoms with Crippen LogP contribution >= 0.6 is 0 Å². The van der Waals surface area contributed by atoms with Gasteiger partial charge in [-0.3, -0.25) is 4.90 Å². The SMILES string of the molecule is CC.CCC.CCC#CCN1CCC(N2CCC(N)CC2)CC1. The molecule has 23 heavy (non-hydrogen) atoms. The molecule has 2 saturated heterocycles. The van der Waals surface area contributed by atoms with Crippen LogP contribution in [0.2, 0.25) is 0 Å². The van der Waals surface area contributed by atoms with Gasteiger partial charge in [0.25, 0.3) is 0 Å². The van der Waals surface area contributed by atoms with Crippen molar-refractivity contribution in [3.05, 3.63) is 0 Å². The Kier molecular flexibility index (Phi) is 14.6. The molecule has 0 bridgehead atoms. The summed E-state index contributed by atoms with van der Waals surface area (Å²) < 4.78 is 0. The maximum absolute atomic E-state index is 5.97. The summed E-state index contributed by atoms with van der Waals surface area (Å²) >= 11 is 0. The van der Waals surface area contributed by atoms with Crippen molar-refractivity contribution < 1.29 is 0 Å². The lowest BCUT2D eigenvalue weighted by molar-refractivity contribution is 0.0930. The first-order chi connectivity index (χ1) is 11.2. The third kappa shape index (κ3) is 10.0. The Hall–Kier alpha value is -0.560. The monoisotopic (exact) mass is 323 g/mol. The lowest BCUT2D eigenvalue weighted by Gasteiger charge is -2.40. The van der Waals surface area contributed by atoms with Gasteiger partial charge < -0.3 is 10.6 Å². The molecule has 3 heteroatoms. The van der Waals surface area contributed by atoms with Gasteiger partial charge in [0.2, 0.25) is 0 Å². The van der Waals surface area contributed by atoms with E-state index in [2.05, 4.69) is 42.4 Å². The maximum Gasteiger partial charge on any atom is 0.0601 e. The number of piperidine rings is 2. The van der Waals surface area contributed by atoms with Crippen molar-refractivity contribution in [3.8, 4) is 11.8 Å². The Morgan fingerprint density at radius 1 is 0.870 bits per heavy atom. The average molecular weight is 324 g/mol. The van der Waals surface area contributed by atoms with Crippen molar-refractivity contribution in [1.29, 1.82) is 0 Å². The molecule has 136 valence electrons. The van der Waals surface area contributed by atoms with Gasteiger partial charge in [-0.05, 0) is 38.8 Å². The quantitative estimate of drug-likeness (QED) is 0.786. The zero-order valence-electron chi connectivity index (χ0n) is 16.4. The maximum atomic E-state index is 5.97. The van der Waals surface area contributed by atoms with E-state index in [0.29, 0.717) is 6.04 Å². The third-order valence-electron chi connectivity index (χ3n) is 4.25. The minimum Gasteiger partial charge on any atom is -0.328 e. The largest absolute Gasteiger partial charge is 0.328 e. The van der Waals surface area contributed by atoms with E-state index >= 15 is 0 Å². The summed E-state index contributed by atoms with van der Waals surface area (Å²) in [6, 6.07) is 1.25. The summed E-state index contributed by atoms with van der Waals surface area (Å²) in [5.74, 6) is 6.41. The molecule has 2 rings (SSSR count). The lowest BCUT2D eigenvalue weighted by Crippen LogP contribution is -2.49. The standard InChI is InChI=1S/C15H27N3.C3H8.C2H6/c1-2-3-4-9-17-10-7-15(8-11-17)18-12-5-14(16)6-13-18;1-3-2;1-2/h14-15H,2,5-13,16H2,1H3;3H2,1-2H3;1-2H3. The predicted molar refractivity (Wildman–Crippen MR) is 104 cm³/mol. The second kappa shape index (κ2) is 15.0. The summed E-state index contributed by atoms with van der Waals surface area (Å²) in [6.45, 7) is 16.2. The molecule has 0 aromatic rings. The van der Waals surface area contributed by atoms with Gasteiger partial charge in [-0.25, -0.2) is 0 Å². The molecule has 2 heterocycles. The Morgan fingerprint density at radius 3 is 1.87 bits per heavy atom. The van der Waals surface area contributed by atoms with Crippen molar-refractivity contribution in [1.82, 2.24) is 9.80 Å². The highest BCUT2D eigenvalue weighted by Gasteiger charge is 2.26. The van der Waals surface area contributed by atoms with Gasteiger partial charge in [0, 0.05) is 31.6 Å². The molecular formula is C20H41N3. The van der Waals surface area contributed by atoms with E-state index in [1.807, 2.05) is 13.8 Å². The summed E-state index contributed by atoms with van der Waals surface area (Å²) in [7, 11) is 0. The molecule has 0 saturated carbocycles. The van der Waals surface area contributed by atoms with Crippen LogP contribution in [-0.4, -0.2) is 54.6 Å². The van der Waals surface area contributed by atoms with Crippen molar-refractivity contribution in [2.45, 2.75) is 85.2 Å². The second-order valence-electron chi connectivity index (χ2n) is 6.29. The van der Waals surface area contributed by atoms with Crippen LogP contribution < -0.4 is 5.73 Å². The van der Waals surface area contributed by atoms with Crippen molar-refractivity contribution in [2.24, 2.45) is 5.73 Å². The van der Waals surface area contributed by atoms with Crippen molar-refractivity contribution in [3.63, 3.8) is 0 Å². The van der Waals surface area contributed by atoms with Crippen LogP contribution in [0.5, 0.6) is 0 Å². The fourth-order valence-electron chi connectivity index (χ4n) is 3.02. The molecule has 2 aliphatic heterocycles. The molecule has 0 spiro atoms. The van der Waals surface area contributed by atoms with E-state index in [-0.39, 0.29) is 0 Å². The average Bonchev–Trinajstić information content (AvgIpc) is 2.59. The van der Waals surface area contributed by atoms with Crippen LogP contribution in [0, 0.1) is 11.8 Å². The molecule has 0 aliphatic carbocycles. The van der Waals surface area contributed by atoms with E-state index in [9.17, 15) is 0 Å². The molecule has 2 fully saturated rings. The number of hydrogen-bond donors (Lipinski definition) is 1. The Labute approximate surface area is 146 Å². The third-order valence-corrected chi connectivity index (χ3v) is 4.25. The number of rotatable bonds is 2. The van der Waals surface area contributed by atoms with Crippen LogP contribution in [0.3, 0.4) is 0 Å². The highest BCUT2D eigenvalue weighted by molar-refractivity contribution is 5.01. The zero-order chi connectivity index (χ0) is 17.5. The zero-order valence-corrected chi connectivity index (χ0v) is 16.4. The van der Waals surface area contributed by atoms with Crippen LogP contribution in [-0.2, 0) is 0 Å².